The predicted molar refractivity (Wildman–Crippen MR) is 96.9 cm³/mol. The van der Waals surface area contributed by atoms with E-state index in [0.717, 1.165) is 38.4 Å². The van der Waals surface area contributed by atoms with Gasteiger partial charge in [-0.15, -0.1) is 0 Å². The van der Waals surface area contributed by atoms with Crippen molar-refractivity contribution < 1.29 is 23.9 Å². The third kappa shape index (κ3) is 4.98. The van der Waals surface area contributed by atoms with E-state index < -0.39 is 11.9 Å². The van der Waals surface area contributed by atoms with Crippen LogP contribution in [0.2, 0.25) is 5.02 Å². The number of rotatable bonds is 5. The number of nitrogens with one attached hydrogen (secondary N) is 1. The minimum absolute atomic E-state index is 0.106. The van der Waals surface area contributed by atoms with Crippen molar-refractivity contribution in [2.24, 2.45) is 0 Å². The normalized spacial score (nSPS) is 14.6. The molecule has 140 valence electrons. The van der Waals surface area contributed by atoms with Crippen LogP contribution in [0.3, 0.4) is 0 Å². The zero-order valence-corrected chi connectivity index (χ0v) is 15.5. The zero-order chi connectivity index (χ0) is 19.1. The number of carbonyl (C=O) groups is 3. The third-order valence-electron chi connectivity index (χ3n) is 3.99. The van der Waals surface area contributed by atoms with Crippen molar-refractivity contribution in [2.45, 2.75) is 19.3 Å². The van der Waals surface area contributed by atoms with Crippen LogP contribution in [0.15, 0.2) is 30.0 Å². The number of anilines is 1. The quantitative estimate of drug-likeness (QED) is 0.624. The highest BCUT2D eigenvalue weighted by Crippen LogP contribution is 2.24. The molecular formula is C18H21ClN2O5. The average molecular weight is 381 g/mol. The summed E-state index contributed by atoms with van der Waals surface area (Å²) in [5.74, 6) is -1.56. The summed E-state index contributed by atoms with van der Waals surface area (Å²) in [6, 6.07) is 4.72. The van der Waals surface area contributed by atoms with Gasteiger partial charge in [-0.25, -0.2) is 9.59 Å². The minimum atomic E-state index is -0.736. The molecule has 26 heavy (non-hydrogen) atoms. The number of amides is 1. The van der Waals surface area contributed by atoms with Gasteiger partial charge in [-0.2, -0.15) is 0 Å². The zero-order valence-electron chi connectivity index (χ0n) is 14.7. The fourth-order valence-electron chi connectivity index (χ4n) is 2.62. The lowest BCUT2D eigenvalue weighted by Crippen LogP contribution is -2.35. The lowest BCUT2D eigenvalue weighted by Gasteiger charge is -2.27. The number of methoxy groups -OCH3 is 2. The number of halogens is 1. The first-order valence-corrected chi connectivity index (χ1v) is 8.58. The van der Waals surface area contributed by atoms with Crippen LogP contribution in [0.1, 0.15) is 29.6 Å². The Kier molecular flexibility index (Phi) is 7.03. The molecule has 1 N–H and O–H groups in total. The maximum atomic E-state index is 12.6. The third-order valence-corrected chi connectivity index (χ3v) is 4.30. The van der Waals surface area contributed by atoms with Crippen LogP contribution in [0.4, 0.5) is 5.69 Å². The second-order valence-electron chi connectivity index (χ2n) is 5.75. The summed E-state index contributed by atoms with van der Waals surface area (Å²) in [6.45, 7) is 1.45. The Labute approximate surface area is 156 Å². The topological polar surface area (TPSA) is 84.9 Å². The number of carbonyl (C=O) groups excluding carboxylic acids is 3. The number of hydrogen-bond acceptors (Lipinski definition) is 6. The van der Waals surface area contributed by atoms with Crippen LogP contribution in [0.25, 0.3) is 0 Å². The number of esters is 2. The predicted octanol–water partition coefficient (Wildman–Crippen LogP) is 2.61. The number of piperidine rings is 1. The van der Waals surface area contributed by atoms with Crippen molar-refractivity contribution in [1.82, 2.24) is 4.90 Å². The van der Waals surface area contributed by atoms with E-state index in [0.29, 0.717) is 11.3 Å². The summed E-state index contributed by atoms with van der Waals surface area (Å²) in [5, 5.41) is 3.02. The monoisotopic (exact) mass is 380 g/mol. The summed E-state index contributed by atoms with van der Waals surface area (Å²) in [7, 11) is 2.40. The highest BCUT2D eigenvalue weighted by Gasteiger charge is 2.21. The maximum absolute atomic E-state index is 12.6. The van der Waals surface area contributed by atoms with Crippen LogP contribution >= 0.6 is 11.6 Å². The van der Waals surface area contributed by atoms with Gasteiger partial charge in [0.15, 0.2) is 0 Å². The average Bonchev–Trinajstić information content (AvgIpc) is 2.67. The van der Waals surface area contributed by atoms with Gasteiger partial charge in [0.1, 0.15) is 5.70 Å². The Morgan fingerprint density at radius 3 is 2.38 bits per heavy atom. The molecule has 1 aliphatic heterocycles. The first kappa shape index (κ1) is 19.8. The first-order chi connectivity index (χ1) is 12.5. The van der Waals surface area contributed by atoms with Crippen LogP contribution in [0, 0.1) is 0 Å². The number of nitrogens with zero attached hydrogens (tertiary/aromatic N) is 1. The summed E-state index contributed by atoms with van der Waals surface area (Å²) in [6.07, 6.45) is 4.09. The Morgan fingerprint density at radius 1 is 1.12 bits per heavy atom. The molecule has 1 saturated heterocycles. The molecule has 8 heteroatoms. The van der Waals surface area contributed by atoms with Crippen molar-refractivity contribution in [1.29, 1.82) is 0 Å². The van der Waals surface area contributed by atoms with Crippen LogP contribution in [-0.4, -0.2) is 50.1 Å². The fraction of sp³-hybridized carbons (Fsp3) is 0.389. The Morgan fingerprint density at radius 2 is 1.81 bits per heavy atom. The first-order valence-electron chi connectivity index (χ1n) is 8.20. The molecule has 0 aromatic heterocycles. The molecule has 1 aromatic rings. The molecule has 2 rings (SSSR count). The summed E-state index contributed by atoms with van der Waals surface area (Å²) in [5.41, 5.74) is 0.729. The lowest BCUT2D eigenvalue weighted by molar-refractivity contribution is -0.138. The molecule has 1 aromatic carbocycles. The van der Waals surface area contributed by atoms with Crippen molar-refractivity contribution >= 4 is 35.1 Å². The Hall–Kier alpha value is -2.54. The molecule has 7 nitrogen and oxygen atoms in total. The molecular weight excluding hydrogens is 360 g/mol. The number of benzene rings is 1. The van der Waals surface area contributed by atoms with Gasteiger partial charge >= 0.3 is 11.9 Å². The van der Waals surface area contributed by atoms with Gasteiger partial charge in [0.25, 0.3) is 5.91 Å². The molecule has 0 unspecified atom stereocenters. The number of likely N-dealkylation sites (tertiary alicyclic amines) is 1. The van der Waals surface area contributed by atoms with Crippen LogP contribution in [-0.2, 0) is 19.1 Å². The second-order valence-corrected chi connectivity index (χ2v) is 6.15. The second kappa shape index (κ2) is 9.24. The van der Waals surface area contributed by atoms with Gasteiger partial charge in [0.2, 0.25) is 0 Å². The van der Waals surface area contributed by atoms with Gasteiger partial charge < -0.3 is 19.7 Å². The SMILES string of the molecule is COC(=O)/C=C(/Nc1ccc(C(=O)N2CCCCC2)c(Cl)c1)C(=O)OC. The summed E-state index contributed by atoms with van der Waals surface area (Å²) >= 11 is 6.26. The molecule has 0 spiro atoms. The maximum Gasteiger partial charge on any atom is 0.354 e. The van der Waals surface area contributed by atoms with Crippen molar-refractivity contribution in [3.63, 3.8) is 0 Å². The van der Waals surface area contributed by atoms with Gasteiger partial charge in [-0.3, -0.25) is 4.79 Å². The van der Waals surface area contributed by atoms with Gasteiger partial charge in [-0.05, 0) is 37.5 Å². The summed E-state index contributed by atoms with van der Waals surface area (Å²) < 4.78 is 9.15. The van der Waals surface area contributed by atoms with Gasteiger partial charge in [0.05, 0.1) is 30.9 Å². The lowest BCUT2D eigenvalue weighted by atomic mass is 10.1. The molecule has 1 aliphatic rings. The fourth-order valence-corrected chi connectivity index (χ4v) is 2.88. The highest BCUT2D eigenvalue weighted by atomic mass is 35.5. The van der Waals surface area contributed by atoms with E-state index in [9.17, 15) is 14.4 Å². The van der Waals surface area contributed by atoms with Crippen molar-refractivity contribution in [3.05, 3.63) is 40.6 Å². The van der Waals surface area contributed by atoms with E-state index in [4.69, 9.17) is 11.6 Å². The molecule has 1 amide bonds. The van der Waals surface area contributed by atoms with E-state index in [2.05, 4.69) is 14.8 Å². The molecule has 1 heterocycles. The van der Waals surface area contributed by atoms with Crippen LogP contribution in [0.5, 0.6) is 0 Å². The largest absolute Gasteiger partial charge is 0.466 e. The Balaban J connectivity index is 2.19. The smallest absolute Gasteiger partial charge is 0.354 e. The molecule has 0 saturated carbocycles. The molecule has 1 fully saturated rings. The standard InChI is InChI=1S/C18H21ClN2O5/c1-25-16(22)11-15(18(24)26-2)20-12-6-7-13(14(19)10-12)17(23)21-8-4-3-5-9-21/h6-7,10-11,20H,3-5,8-9H2,1-2H3/b15-11+. The van der Waals surface area contributed by atoms with E-state index in [-0.39, 0.29) is 16.6 Å². The summed E-state index contributed by atoms with van der Waals surface area (Å²) in [4.78, 5) is 37.5. The minimum Gasteiger partial charge on any atom is -0.466 e. The molecule has 0 radical (unpaired) electrons. The van der Waals surface area contributed by atoms with E-state index in [1.54, 1.807) is 17.0 Å². The number of ether oxygens (including phenoxy) is 2. The van der Waals surface area contributed by atoms with E-state index in [1.807, 2.05) is 0 Å². The number of hydrogen-bond donors (Lipinski definition) is 1. The van der Waals surface area contributed by atoms with Gasteiger partial charge in [-0.1, -0.05) is 11.6 Å². The van der Waals surface area contributed by atoms with Crippen LogP contribution < -0.4 is 5.32 Å². The highest BCUT2D eigenvalue weighted by molar-refractivity contribution is 6.34. The van der Waals surface area contributed by atoms with E-state index >= 15 is 0 Å². The molecule has 0 aliphatic carbocycles. The molecule has 0 bridgehead atoms. The Bertz CT molecular complexity index is 726. The van der Waals surface area contributed by atoms with Crippen molar-refractivity contribution in [2.75, 3.05) is 32.6 Å². The van der Waals surface area contributed by atoms with E-state index in [1.165, 1.54) is 20.3 Å². The van der Waals surface area contributed by atoms with Gasteiger partial charge in [0, 0.05) is 18.8 Å². The van der Waals surface area contributed by atoms with Crippen molar-refractivity contribution in [3.8, 4) is 0 Å². The molecule has 0 atom stereocenters.